The fourth-order valence-corrected chi connectivity index (χ4v) is 2.08. The van der Waals surface area contributed by atoms with Crippen molar-refractivity contribution in [2.75, 3.05) is 0 Å². The summed E-state index contributed by atoms with van der Waals surface area (Å²) in [7, 11) is 0. The van der Waals surface area contributed by atoms with Gasteiger partial charge in [0.1, 0.15) is 5.82 Å². The van der Waals surface area contributed by atoms with Crippen molar-refractivity contribution < 1.29 is 4.39 Å². The topological polar surface area (TPSA) is 15.8 Å². The molecule has 0 aliphatic rings. The number of rotatable bonds is 1. The van der Waals surface area contributed by atoms with Gasteiger partial charge in [0.2, 0.25) is 0 Å². The molecule has 2 rings (SSSR count). The minimum atomic E-state index is -0.178. The predicted octanol–water partition coefficient (Wildman–Crippen LogP) is 3.92. The molecule has 0 unspecified atom stereocenters. The maximum Gasteiger partial charge on any atom is 0.158 e. The number of halogens is 1. The molecule has 1 aromatic heterocycles. The van der Waals surface area contributed by atoms with Crippen LogP contribution in [0.2, 0.25) is 0 Å². The maximum absolute atomic E-state index is 13.0. The fourth-order valence-electron chi connectivity index (χ4n) is 1.23. The molecule has 0 fully saturated rings. The number of benzene rings is 1. The summed E-state index contributed by atoms with van der Waals surface area (Å²) in [5.74, 6) is -0.178. The average Bonchev–Trinajstić information content (AvgIpc) is 2.57. The molecule has 1 aromatic carbocycles. The molecular formula is C10H8FNS2. The van der Waals surface area contributed by atoms with E-state index in [-0.39, 0.29) is 5.82 Å². The Morgan fingerprint density at radius 3 is 2.79 bits per heavy atom. The van der Waals surface area contributed by atoms with E-state index in [0.717, 1.165) is 15.2 Å². The highest BCUT2D eigenvalue weighted by molar-refractivity contribution is 7.73. The largest absolute Gasteiger partial charge is 0.337 e. The van der Waals surface area contributed by atoms with Crippen LogP contribution in [0.4, 0.5) is 4.39 Å². The summed E-state index contributed by atoms with van der Waals surface area (Å²) in [5.41, 5.74) is 2.56. The maximum atomic E-state index is 13.0. The first-order chi connectivity index (χ1) is 6.66. The summed E-state index contributed by atoms with van der Waals surface area (Å²) < 4.78 is 13.7. The number of aromatic nitrogens is 1. The Kier molecular flexibility index (Phi) is 2.48. The molecule has 1 nitrogen and oxygen atoms in total. The Balaban J connectivity index is 2.52. The van der Waals surface area contributed by atoms with Crippen molar-refractivity contribution >= 4 is 23.6 Å². The van der Waals surface area contributed by atoms with E-state index in [1.54, 1.807) is 13.0 Å². The summed E-state index contributed by atoms with van der Waals surface area (Å²) in [6, 6.07) is 5.03. The third kappa shape index (κ3) is 1.76. The van der Waals surface area contributed by atoms with E-state index < -0.39 is 0 Å². The van der Waals surface area contributed by atoms with Gasteiger partial charge in [-0.25, -0.2) is 4.39 Å². The molecule has 0 radical (unpaired) electrons. The van der Waals surface area contributed by atoms with Crippen molar-refractivity contribution in [3.8, 4) is 11.3 Å². The van der Waals surface area contributed by atoms with Gasteiger partial charge in [-0.2, -0.15) is 0 Å². The molecule has 0 saturated carbocycles. The van der Waals surface area contributed by atoms with Crippen LogP contribution in [-0.4, -0.2) is 4.98 Å². The number of hydrogen-bond acceptors (Lipinski definition) is 2. The molecule has 14 heavy (non-hydrogen) atoms. The Hall–Kier alpha value is -1.00. The van der Waals surface area contributed by atoms with E-state index in [4.69, 9.17) is 12.2 Å². The molecule has 0 saturated heterocycles. The number of hydrogen-bond donors (Lipinski definition) is 1. The predicted molar refractivity (Wildman–Crippen MR) is 59.6 cm³/mol. The van der Waals surface area contributed by atoms with Crippen LogP contribution in [0.3, 0.4) is 0 Å². The zero-order valence-electron chi connectivity index (χ0n) is 7.50. The van der Waals surface area contributed by atoms with Gasteiger partial charge < -0.3 is 4.98 Å². The van der Waals surface area contributed by atoms with Gasteiger partial charge in [-0.1, -0.05) is 0 Å². The molecule has 0 atom stereocenters. The van der Waals surface area contributed by atoms with Gasteiger partial charge in [0.25, 0.3) is 0 Å². The molecule has 1 N–H and O–H groups in total. The monoisotopic (exact) mass is 225 g/mol. The van der Waals surface area contributed by atoms with Crippen LogP contribution < -0.4 is 0 Å². The van der Waals surface area contributed by atoms with E-state index in [2.05, 4.69) is 4.98 Å². The van der Waals surface area contributed by atoms with Gasteiger partial charge in [-0.05, 0) is 48.5 Å². The lowest BCUT2D eigenvalue weighted by Crippen LogP contribution is -1.83. The van der Waals surface area contributed by atoms with Crippen LogP contribution in [0.5, 0.6) is 0 Å². The first-order valence-corrected chi connectivity index (χ1v) is 5.40. The standard InChI is InChI=1S/C10H8FNS2/c1-6-4-7(2-3-8(6)11)9-5-14-10(13)12-9/h2-5H,1H3,(H,12,13). The lowest BCUT2D eigenvalue weighted by molar-refractivity contribution is 0.619. The van der Waals surface area contributed by atoms with Gasteiger partial charge in [-0.15, -0.1) is 11.3 Å². The van der Waals surface area contributed by atoms with Gasteiger partial charge in [-0.3, -0.25) is 0 Å². The first-order valence-electron chi connectivity index (χ1n) is 4.11. The number of H-pyrrole nitrogens is 1. The summed E-state index contributed by atoms with van der Waals surface area (Å²) >= 11 is 6.46. The lowest BCUT2D eigenvalue weighted by atomic mass is 10.1. The molecule has 0 aliphatic carbocycles. The smallest absolute Gasteiger partial charge is 0.158 e. The summed E-state index contributed by atoms with van der Waals surface area (Å²) in [6.07, 6.45) is 0. The molecule has 0 aliphatic heterocycles. The van der Waals surface area contributed by atoms with Crippen LogP contribution in [0.15, 0.2) is 23.6 Å². The number of nitrogens with one attached hydrogen (secondary N) is 1. The van der Waals surface area contributed by atoms with Crippen LogP contribution in [0, 0.1) is 16.7 Å². The summed E-state index contributed by atoms with van der Waals surface area (Å²) in [6.45, 7) is 1.75. The van der Waals surface area contributed by atoms with Crippen molar-refractivity contribution in [1.82, 2.24) is 4.98 Å². The Bertz CT molecular complexity index is 513. The quantitative estimate of drug-likeness (QED) is 0.727. The number of aryl methyl sites for hydroxylation is 1. The van der Waals surface area contributed by atoms with Crippen LogP contribution >= 0.6 is 23.6 Å². The molecule has 0 bridgehead atoms. The highest BCUT2D eigenvalue weighted by atomic mass is 32.1. The summed E-state index contributed by atoms with van der Waals surface area (Å²) in [5, 5.41) is 1.94. The van der Waals surface area contributed by atoms with E-state index in [9.17, 15) is 4.39 Å². The van der Waals surface area contributed by atoms with Crippen molar-refractivity contribution in [2.24, 2.45) is 0 Å². The van der Waals surface area contributed by atoms with E-state index in [0.29, 0.717) is 5.56 Å². The second kappa shape index (κ2) is 3.63. The van der Waals surface area contributed by atoms with Crippen molar-refractivity contribution in [1.29, 1.82) is 0 Å². The summed E-state index contributed by atoms with van der Waals surface area (Å²) in [4.78, 5) is 3.05. The van der Waals surface area contributed by atoms with Crippen LogP contribution in [0.1, 0.15) is 5.56 Å². The Labute approximate surface area is 90.2 Å². The molecule has 0 spiro atoms. The zero-order chi connectivity index (χ0) is 10.1. The minimum absolute atomic E-state index is 0.178. The normalized spacial score (nSPS) is 10.4. The second-order valence-electron chi connectivity index (χ2n) is 3.03. The molecular weight excluding hydrogens is 217 g/mol. The highest BCUT2D eigenvalue weighted by Crippen LogP contribution is 2.22. The molecule has 0 amide bonds. The van der Waals surface area contributed by atoms with Crippen LogP contribution in [-0.2, 0) is 0 Å². The molecule has 72 valence electrons. The third-order valence-corrected chi connectivity index (χ3v) is 3.05. The van der Waals surface area contributed by atoms with E-state index in [1.165, 1.54) is 17.4 Å². The average molecular weight is 225 g/mol. The molecule has 4 heteroatoms. The van der Waals surface area contributed by atoms with Crippen molar-refractivity contribution in [2.45, 2.75) is 6.92 Å². The van der Waals surface area contributed by atoms with Crippen LogP contribution in [0.25, 0.3) is 11.3 Å². The lowest BCUT2D eigenvalue weighted by Gasteiger charge is -2.00. The van der Waals surface area contributed by atoms with E-state index in [1.807, 2.05) is 11.4 Å². The number of aromatic amines is 1. The first kappa shape index (κ1) is 9.55. The number of thiazole rings is 1. The van der Waals surface area contributed by atoms with Gasteiger partial charge in [0.15, 0.2) is 3.95 Å². The molecule has 2 aromatic rings. The van der Waals surface area contributed by atoms with Crippen molar-refractivity contribution in [3.05, 3.63) is 38.9 Å². The third-order valence-electron chi connectivity index (χ3n) is 1.99. The van der Waals surface area contributed by atoms with E-state index >= 15 is 0 Å². The van der Waals surface area contributed by atoms with Gasteiger partial charge >= 0.3 is 0 Å². The Morgan fingerprint density at radius 2 is 2.21 bits per heavy atom. The fraction of sp³-hybridized carbons (Fsp3) is 0.100. The highest BCUT2D eigenvalue weighted by Gasteiger charge is 2.02. The zero-order valence-corrected chi connectivity index (χ0v) is 9.14. The SMILES string of the molecule is Cc1cc(-c2csc(=S)[nH]2)ccc1F. The minimum Gasteiger partial charge on any atom is -0.337 e. The molecule has 1 heterocycles. The van der Waals surface area contributed by atoms with Crippen molar-refractivity contribution in [3.63, 3.8) is 0 Å². The Morgan fingerprint density at radius 1 is 1.43 bits per heavy atom. The van der Waals surface area contributed by atoms with Gasteiger partial charge in [0.05, 0.1) is 5.69 Å². The van der Waals surface area contributed by atoms with Gasteiger partial charge in [0, 0.05) is 5.38 Å². The second-order valence-corrected chi connectivity index (χ2v) is 4.57.